The Hall–Kier alpha value is -3.06. The van der Waals surface area contributed by atoms with Crippen molar-refractivity contribution in [2.24, 2.45) is 0 Å². The van der Waals surface area contributed by atoms with Gasteiger partial charge in [-0.05, 0) is 43.7 Å². The largest absolute Gasteiger partial charge is 0.495 e. The van der Waals surface area contributed by atoms with Gasteiger partial charge in [-0.1, -0.05) is 29.3 Å². The molecular weight excluding hydrogens is 396 g/mol. The average molecular weight is 419 g/mol. The summed E-state index contributed by atoms with van der Waals surface area (Å²) in [5.74, 6) is -1.09. The molecule has 154 valence electrons. The number of methoxy groups -OCH3 is 1. The first-order valence-corrected chi connectivity index (χ1v) is 9.20. The molecule has 0 radical (unpaired) electrons. The van der Waals surface area contributed by atoms with E-state index in [1.165, 1.54) is 19.1 Å². The minimum absolute atomic E-state index is 0.227. The van der Waals surface area contributed by atoms with Crippen molar-refractivity contribution in [3.8, 4) is 5.75 Å². The fourth-order valence-electron chi connectivity index (χ4n) is 2.63. The molecule has 0 aliphatic heterocycles. The highest BCUT2D eigenvalue weighted by Crippen LogP contribution is 2.27. The van der Waals surface area contributed by atoms with Crippen molar-refractivity contribution in [3.63, 3.8) is 0 Å². The maximum atomic E-state index is 12.2. The molecule has 2 aromatic carbocycles. The zero-order chi connectivity index (χ0) is 21.6. The number of hydrogen-bond acceptors (Lipinski definition) is 5. The van der Waals surface area contributed by atoms with E-state index in [1.54, 1.807) is 37.3 Å². The minimum Gasteiger partial charge on any atom is -0.495 e. The molecule has 29 heavy (non-hydrogen) atoms. The van der Waals surface area contributed by atoms with Gasteiger partial charge in [-0.2, -0.15) is 0 Å². The summed E-state index contributed by atoms with van der Waals surface area (Å²) in [5, 5.41) is 3.08. The van der Waals surface area contributed by atoms with Gasteiger partial charge in [0.05, 0.1) is 24.9 Å². The van der Waals surface area contributed by atoms with Crippen LogP contribution in [0.2, 0.25) is 5.02 Å². The third-order valence-electron chi connectivity index (χ3n) is 4.17. The number of halogens is 1. The Bertz CT molecular complexity index is 929. The van der Waals surface area contributed by atoms with Gasteiger partial charge in [-0.25, -0.2) is 4.79 Å². The second-order valence-corrected chi connectivity index (χ2v) is 6.97. The Kier molecular flexibility index (Phi) is 7.61. The molecule has 1 N–H and O–H groups in total. The topological polar surface area (TPSA) is 84.9 Å². The van der Waals surface area contributed by atoms with E-state index >= 15 is 0 Å². The second-order valence-electron chi connectivity index (χ2n) is 6.54. The number of anilines is 1. The predicted octanol–water partition coefficient (Wildman–Crippen LogP) is 3.22. The predicted molar refractivity (Wildman–Crippen MR) is 110 cm³/mol. The number of likely N-dealkylation sites (N-methyl/N-ethyl adjacent to an activating group) is 1. The molecule has 2 amide bonds. The summed E-state index contributed by atoms with van der Waals surface area (Å²) in [6.45, 7) is 3.03. The first-order valence-electron chi connectivity index (χ1n) is 8.83. The average Bonchev–Trinajstić information content (AvgIpc) is 2.65. The number of ether oxygens (including phenoxy) is 2. The van der Waals surface area contributed by atoms with E-state index in [0.29, 0.717) is 22.0 Å². The molecule has 7 nitrogen and oxygen atoms in total. The van der Waals surface area contributed by atoms with Gasteiger partial charge in [-0.3, -0.25) is 9.59 Å². The van der Waals surface area contributed by atoms with Crippen molar-refractivity contribution < 1.29 is 23.9 Å². The molecule has 2 rings (SSSR count). The lowest BCUT2D eigenvalue weighted by atomic mass is 10.1. The number of carbonyl (C=O) groups excluding carboxylic acids is 3. The number of nitrogens with zero attached hydrogens (tertiary/aromatic N) is 1. The van der Waals surface area contributed by atoms with Crippen LogP contribution in [-0.2, 0) is 14.3 Å². The molecule has 0 aliphatic carbocycles. The van der Waals surface area contributed by atoms with E-state index in [4.69, 9.17) is 21.1 Å². The van der Waals surface area contributed by atoms with Crippen LogP contribution in [-0.4, -0.2) is 50.0 Å². The molecule has 0 atom stereocenters. The first kappa shape index (κ1) is 22.2. The normalized spacial score (nSPS) is 10.2. The van der Waals surface area contributed by atoms with E-state index in [-0.39, 0.29) is 6.54 Å². The zero-order valence-corrected chi connectivity index (χ0v) is 17.5. The van der Waals surface area contributed by atoms with E-state index in [9.17, 15) is 14.4 Å². The molecule has 0 saturated carbocycles. The van der Waals surface area contributed by atoms with Crippen LogP contribution in [0, 0.1) is 13.8 Å². The third-order valence-corrected chi connectivity index (χ3v) is 4.41. The molecule has 0 aromatic heterocycles. The minimum atomic E-state index is -0.586. The van der Waals surface area contributed by atoms with Crippen LogP contribution in [0.5, 0.6) is 5.75 Å². The number of benzene rings is 2. The highest BCUT2D eigenvalue weighted by molar-refractivity contribution is 6.31. The molecule has 0 spiro atoms. The van der Waals surface area contributed by atoms with Crippen LogP contribution in [0.3, 0.4) is 0 Å². The SMILES string of the molecule is COc1ccc(Cl)cc1NC(=O)CN(C)C(=O)COC(=O)c1ccc(C)cc1C. The van der Waals surface area contributed by atoms with Crippen LogP contribution < -0.4 is 10.1 Å². The maximum absolute atomic E-state index is 12.2. The van der Waals surface area contributed by atoms with Crippen LogP contribution >= 0.6 is 11.6 Å². The fourth-order valence-corrected chi connectivity index (χ4v) is 2.80. The summed E-state index contributed by atoms with van der Waals surface area (Å²) < 4.78 is 10.3. The standard InChI is InChI=1S/C21H23ClN2O5/c1-13-5-7-16(14(2)9-13)21(27)29-12-20(26)24(3)11-19(25)23-17-10-15(22)6-8-18(17)28-4/h5-10H,11-12H2,1-4H3,(H,23,25). The van der Waals surface area contributed by atoms with Crippen molar-refractivity contribution in [1.29, 1.82) is 0 Å². The molecular formula is C21H23ClN2O5. The molecule has 8 heteroatoms. The van der Waals surface area contributed by atoms with Crippen LogP contribution in [0.25, 0.3) is 0 Å². The van der Waals surface area contributed by atoms with Gasteiger partial charge in [0.25, 0.3) is 5.91 Å². The maximum Gasteiger partial charge on any atom is 0.338 e. The fraction of sp³-hybridized carbons (Fsp3) is 0.286. The summed E-state index contributed by atoms with van der Waals surface area (Å²) in [5.41, 5.74) is 2.59. The molecule has 0 heterocycles. The van der Waals surface area contributed by atoms with Gasteiger partial charge in [0.1, 0.15) is 5.75 Å². The summed E-state index contributed by atoms with van der Waals surface area (Å²) in [6, 6.07) is 10.1. The van der Waals surface area contributed by atoms with E-state index in [0.717, 1.165) is 11.1 Å². The van der Waals surface area contributed by atoms with Crippen LogP contribution in [0.1, 0.15) is 21.5 Å². The van der Waals surface area contributed by atoms with Gasteiger partial charge >= 0.3 is 5.97 Å². The Labute approximate surface area is 174 Å². The van der Waals surface area contributed by atoms with Crippen molar-refractivity contribution in [3.05, 3.63) is 58.1 Å². The summed E-state index contributed by atoms with van der Waals surface area (Å²) in [4.78, 5) is 37.8. The lowest BCUT2D eigenvalue weighted by Gasteiger charge is -2.18. The molecule has 0 unspecified atom stereocenters. The van der Waals surface area contributed by atoms with Crippen molar-refractivity contribution in [1.82, 2.24) is 4.90 Å². The van der Waals surface area contributed by atoms with Gasteiger partial charge in [0, 0.05) is 12.1 Å². The van der Waals surface area contributed by atoms with Crippen LogP contribution in [0.4, 0.5) is 5.69 Å². The molecule has 2 aromatic rings. The Morgan fingerprint density at radius 2 is 1.83 bits per heavy atom. The lowest BCUT2D eigenvalue weighted by Crippen LogP contribution is -2.37. The number of amides is 2. The molecule has 0 bridgehead atoms. The van der Waals surface area contributed by atoms with Crippen LogP contribution in [0.15, 0.2) is 36.4 Å². The van der Waals surface area contributed by atoms with Gasteiger partial charge < -0.3 is 19.7 Å². The number of nitrogens with one attached hydrogen (secondary N) is 1. The van der Waals surface area contributed by atoms with Crippen molar-refractivity contribution in [2.45, 2.75) is 13.8 Å². The molecule has 0 saturated heterocycles. The number of esters is 1. The quantitative estimate of drug-likeness (QED) is 0.698. The smallest absolute Gasteiger partial charge is 0.338 e. The number of carbonyl (C=O) groups is 3. The highest BCUT2D eigenvalue weighted by Gasteiger charge is 2.18. The third kappa shape index (κ3) is 6.22. The Balaban J connectivity index is 1.89. The monoisotopic (exact) mass is 418 g/mol. The zero-order valence-electron chi connectivity index (χ0n) is 16.7. The van der Waals surface area contributed by atoms with Crippen molar-refractivity contribution in [2.75, 3.05) is 32.6 Å². The van der Waals surface area contributed by atoms with E-state index in [1.807, 2.05) is 13.0 Å². The second kappa shape index (κ2) is 9.93. The highest BCUT2D eigenvalue weighted by atomic mass is 35.5. The first-order chi connectivity index (χ1) is 13.7. The van der Waals surface area contributed by atoms with Crippen molar-refractivity contribution >= 4 is 35.1 Å². The van der Waals surface area contributed by atoms with Gasteiger partial charge in [0.2, 0.25) is 5.91 Å². The Morgan fingerprint density at radius 1 is 1.10 bits per heavy atom. The summed E-state index contributed by atoms with van der Waals surface area (Å²) >= 11 is 5.93. The Morgan fingerprint density at radius 3 is 2.48 bits per heavy atom. The van der Waals surface area contributed by atoms with E-state index in [2.05, 4.69) is 5.32 Å². The van der Waals surface area contributed by atoms with Gasteiger partial charge in [0.15, 0.2) is 6.61 Å². The van der Waals surface area contributed by atoms with E-state index < -0.39 is 24.4 Å². The number of rotatable bonds is 7. The molecule has 0 fully saturated rings. The number of hydrogen-bond donors (Lipinski definition) is 1. The summed E-state index contributed by atoms with van der Waals surface area (Å²) in [6.07, 6.45) is 0. The van der Waals surface area contributed by atoms with Gasteiger partial charge in [-0.15, -0.1) is 0 Å². The summed E-state index contributed by atoms with van der Waals surface area (Å²) in [7, 11) is 2.92. The number of aryl methyl sites for hydroxylation is 2. The molecule has 0 aliphatic rings. The lowest BCUT2D eigenvalue weighted by molar-refractivity contribution is -0.136.